The highest BCUT2D eigenvalue weighted by atomic mass is 32.3. The molecule has 2 fully saturated rings. The SMILES string of the molecule is CC1(COC(=O)C(F)(F)S(=O)(=O)NS(=O)(=O)OC2CCOC2=O)COC1. The van der Waals surface area contributed by atoms with Crippen molar-refractivity contribution >= 4 is 32.3 Å². The first-order valence-corrected chi connectivity index (χ1v) is 9.93. The van der Waals surface area contributed by atoms with Crippen LogP contribution in [0.1, 0.15) is 13.3 Å². The second-order valence-electron chi connectivity index (χ2n) is 5.98. The summed E-state index contributed by atoms with van der Waals surface area (Å²) in [6.07, 6.45) is -1.90. The van der Waals surface area contributed by atoms with Gasteiger partial charge in [-0.3, -0.25) is 0 Å². The number of sulfonamides is 1. The Balaban J connectivity index is 2.03. The lowest BCUT2D eigenvalue weighted by atomic mass is 9.90. The van der Waals surface area contributed by atoms with E-state index >= 15 is 0 Å². The fourth-order valence-corrected chi connectivity index (χ4v) is 4.30. The van der Waals surface area contributed by atoms with Crippen molar-refractivity contribution in [3.8, 4) is 0 Å². The first-order valence-electron chi connectivity index (χ1n) is 7.04. The normalized spacial score (nSPS) is 23.2. The van der Waals surface area contributed by atoms with Crippen LogP contribution in [0.4, 0.5) is 8.78 Å². The number of carbonyl (C=O) groups excluding carboxylic acids is 2. The Hall–Kier alpha value is -1.42. The van der Waals surface area contributed by atoms with E-state index in [1.54, 1.807) is 6.92 Å². The summed E-state index contributed by atoms with van der Waals surface area (Å²) in [5.41, 5.74) is -0.735. The second kappa shape index (κ2) is 6.95. The summed E-state index contributed by atoms with van der Waals surface area (Å²) < 4.78 is 92.3. The van der Waals surface area contributed by atoms with Gasteiger partial charge in [-0.05, 0) is 0 Å². The van der Waals surface area contributed by atoms with Gasteiger partial charge < -0.3 is 14.2 Å². The van der Waals surface area contributed by atoms with Gasteiger partial charge in [-0.25, -0.2) is 22.2 Å². The standard InChI is InChI=1S/C11H15F2NO10S2/c1-10(4-21-5-10)6-23-9(16)11(12,13)25(17,18)14-26(19,20)24-7-2-3-22-8(7)15/h7,14H,2-6H2,1H3. The molecular formula is C11H15F2NO10S2. The zero-order chi connectivity index (χ0) is 19.8. The van der Waals surface area contributed by atoms with E-state index in [4.69, 9.17) is 4.74 Å². The number of rotatable bonds is 8. The number of ether oxygens (including phenoxy) is 3. The van der Waals surface area contributed by atoms with Crippen LogP contribution in [0.25, 0.3) is 0 Å². The minimum atomic E-state index is -6.09. The molecule has 0 spiro atoms. The molecule has 15 heteroatoms. The van der Waals surface area contributed by atoms with Crippen LogP contribution in [0.3, 0.4) is 0 Å². The smallest absolute Gasteiger partial charge is 0.455 e. The highest BCUT2D eigenvalue weighted by Crippen LogP contribution is 2.29. The van der Waals surface area contributed by atoms with Crippen LogP contribution in [0, 0.1) is 5.41 Å². The number of cyclic esters (lactones) is 1. The van der Waals surface area contributed by atoms with Crippen LogP contribution in [0.2, 0.25) is 0 Å². The summed E-state index contributed by atoms with van der Waals surface area (Å²) in [5, 5.41) is -5.22. The van der Waals surface area contributed by atoms with Gasteiger partial charge >= 0.3 is 37.5 Å². The molecule has 2 rings (SSSR count). The highest BCUT2D eigenvalue weighted by Gasteiger charge is 2.57. The number of halogens is 2. The van der Waals surface area contributed by atoms with Crippen molar-refractivity contribution < 1.29 is 53.6 Å². The van der Waals surface area contributed by atoms with Crippen LogP contribution < -0.4 is 4.13 Å². The maximum absolute atomic E-state index is 13.8. The minimum Gasteiger partial charge on any atom is -0.464 e. The third-order valence-electron chi connectivity index (χ3n) is 3.37. The molecule has 26 heavy (non-hydrogen) atoms. The van der Waals surface area contributed by atoms with Gasteiger partial charge in [-0.2, -0.15) is 17.2 Å². The maximum atomic E-state index is 13.8. The predicted octanol–water partition coefficient (Wildman–Crippen LogP) is -1.34. The zero-order valence-corrected chi connectivity index (χ0v) is 14.9. The number of hydrogen-bond acceptors (Lipinski definition) is 10. The maximum Gasteiger partial charge on any atom is 0.455 e. The molecule has 2 heterocycles. The van der Waals surface area contributed by atoms with Gasteiger partial charge in [0.2, 0.25) is 0 Å². The fourth-order valence-electron chi connectivity index (χ4n) is 1.89. The molecule has 0 aromatic rings. The molecule has 11 nitrogen and oxygen atoms in total. The molecule has 1 N–H and O–H groups in total. The molecule has 2 saturated heterocycles. The van der Waals surface area contributed by atoms with Gasteiger partial charge in [0.15, 0.2) is 6.10 Å². The average Bonchev–Trinajstić information content (AvgIpc) is 2.85. The van der Waals surface area contributed by atoms with Crippen molar-refractivity contribution in [2.45, 2.75) is 24.7 Å². The Morgan fingerprint density at radius 3 is 2.42 bits per heavy atom. The number of nitrogens with one attached hydrogen (secondary N) is 1. The van der Waals surface area contributed by atoms with Gasteiger partial charge in [-0.15, -0.1) is 0 Å². The van der Waals surface area contributed by atoms with Gasteiger partial charge in [-0.1, -0.05) is 11.1 Å². The second-order valence-corrected chi connectivity index (χ2v) is 9.27. The molecule has 0 bridgehead atoms. The molecule has 0 amide bonds. The third kappa shape index (κ3) is 4.46. The lowest BCUT2D eigenvalue weighted by Gasteiger charge is -2.37. The average molecular weight is 423 g/mol. The van der Waals surface area contributed by atoms with Crippen molar-refractivity contribution in [3.05, 3.63) is 0 Å². The lowest BCUT2D eigenvalue weighted by molar-refractivity contribution is -0.178. The molecule has 0 saturated carbocycles. The summed E-state index contributed by atoms with van der Waals surface area (Å²) in [5.74, 6) is -3.57. The van der Waals surface area contributed by atoms with E-state index in [1.165, 1.54) is 0 Å². The van der Waals surface area contributed by atoms with E-state index in [9.17, 15) is 35.2 Å². The van der Waals surface area contributed by atoms with Crippen LogP contribution in [-0.4, -0.2) is 66.6 Å². The topological polar surface area (TPSA) is 151 Å². The summed E-state index contributed by atoms with van der Waals surface area (Å²) in [4.78, 5) is 22.6. The molecule has 0 aromatic heterocycles. The van der Waals surface area contributed by atoms with E-state index in [-0.39, 0.29) is 26.2 Å². The first-order chi connectivity index (χ1) is 11.8. The van der Waals surface area contributed by atoms with Gasteiger partial charge in [0.05, 0.1) is 19.8 Å². The van der Waals surface area contributed by atoms with E-state index in [1.807, 2.05) is 0 Å². The molecule has 0 radical (unpaired) electrons. The molecule has 0 aromatic carbocycles. The minimum absolute atomic E-state index is 0.122. The van der Waals surface area contributed by atoms with E-state index in [0.717, 1.165) is 0 Å². The van der Waals surface area contributed by atoms with E-state index < -0.39 is 55.6 Å². The van der Waals surface area contributed by atoms with E-state index in [0.29, 0.717) is 4.13 Å². The number of alkyl halides is 2. The predicted molar refractivity (Wildman–Crippen MR) is 76.3 cm³/mol. The Morgan fingerprint density at radius 1 is 1.35 bits per heavy atom. The van der Waals surface area contributed by atoms with Crippen molar-refractivity contribution in [3.63, 3.8) is 0 Å². The van der Waals surface area contributed by atoms with Crippen LogP contribution in [-0.2, 0) is 48.3 Å². The van der Waals surface area contributed by atoms with Crippen molar-refractivity contribution in [1.29, 1.82) is 0 Å². The van der Waals surface area contributed by atoms with Crippen LogP contribution in [0.5, 0.6) is 0 Å². The van der Waals surface area contributed by atoms with Crippen molar-refractivity contribution in [1.82, 2.24) is 4.13 Å². The van der Waals surface area contributed by atoms with E-state index in [2.05, 4.69) is 13.7 Å². The Bertz CT molecular complexity index is 790. The van der Waals surface area contributed by atoms with Gasteiger partial charge in [0.25, 0.3) is 0 Å². The number of carbonyl (C=O) groups is 2. The summed E-state index contributed by atoms with van der Waals surface area (Å²) in [6.45, 7) is 1.06. The summed E-state index contributed by atoms with van der Waals surface area (Å²) in [7, 11) is -11.4. The fraction of sp³-hybridized carbons (Fsp3) is 0.818. The largest absolute Gasteiger partial charge is 0.464 e. The number of hydrogen-bond donors (Lipinski definition) is 1. The molecule has 2 aliphatic heterocycles. The number of esters is 2. The Morgan fingerprint density at radius 2 is 1.96 bits per heavy atom. The Kier molecular flexibility index (Phi) is 5.59. The monoisotopic (exact) mass is 423 g/mol. The molecule has 1 atom stereocenters. The van der Waals surface area contributed by atoms with Crippen LogP contribution >= 0.6 is 0 Å². The zero-order valence-electron chi connectivity index (χ0n) is 13.3. The molecular weight excluding hydrogens is 408 g/mol. The van der Waals surface area contributed by atoms with Crippen molar-refractivity contribution in [2.24, 2.45) is 5.41 Å². The van der Waals surface area contributed by atoms with Crippen LogP contribution in [0.15, 0.2) is 0 Å². The molecule has 2 aliphatic rings. The lowest BCUT2D eigenvalue weighted by Crippen LogP contribution is -2.51. The first kappa shape index (κ1) is 20.9. The summed E-state index contributed by atoms with van der Waals surface area (Å²) >= 11 is 0. The Labute approximate surface area is 147 Å². The molecule has 150 valence electrons. The summed E-state index contributed by atoms with van der Waals surface area (Å²) in [6, 6.07) is 0. The third-order valence-corrected chi connectivity index (χ3v) is 6.39. The molecule has 1 unspecified atom stereocenters. The highest BCUT2D eigenvalue weighted by molar-refractivity contribution is 8.03. The van der Waals surface area contributed by atoms with Gasteiger partial charge in [0, 0.05) is 11.8 Å². The molecule has 0 aliphatic carbocycles. The van der Waals surface area contributed by atoms with Crippen molar-refractivity contribution in [2.75, 3.05) is 26.4 Å². The quantitative estimate of drug-likeness (QED) is 0.464. The van der Waals surface area contributed by atoms with Gasteiger partial charge in [0.1, 0.15) is 6.61 Å².